The molecule has 3 heteroatoms. The van der Waals surface area contributed by atoms with Crippen molar-refractivity contribution in [1.29, 1.82) is 0 Å². The molecule has 33 heavy (non-hydrogen) atoms. The average molecular weight is 574 g/mol. The van der Waals surface area contributed by atoms with Crippen LogP contribution in [0.3, 0.4) is 0 Å². The third-order valence-electron chi connectivity index (χ3n) is 7.31. The Balaban J connectivity index is 4.90. The molecule has 0 atom stereocenters. The van der Waals surface area contributed by atoms with Crippen LogP contribution in [-0.4, -0.2) is 31.2 Å². The number of carbonyl (C=O) groups excluding carboxylic acids is 1. The summed E-state index contributed by atoms with van der Waals surface area (Å²) in [5, 5.41) is 0. The summed E-state index contributed by atoms with van der Waals surface area (Å²) in [5.74, 6) is 0.367. The quantitative estimate of drug-likeness (QED) is 0.0722. The molecule has 0 aromatic rings. The van der Waals surface area contributed by atoms with Gasteiger partial charge in [0.2, 0.25) is 0 Å². The van der Waals surface area contributed by atoms with Crippen molar-refractivity contribution in [2.75, 3.05) is 6.61 Å². The number of unbranched alkanes of at least 4 members (excludes halogenated alkanes) is 16. The van der Waals surface area contributed by atoms with E-state index in [2.05, 4.69) is 27.7 Å². The maximum atomic E-state index is 12.5. The van der Waals surface area contributed by atoms with Crippen LogP contribution in [0.2, 0.25) is 13.3 Å². The van der Waals surface area contributed by atoms with E-state index in [0.29, 0.717) is 12.4 Å². The predicted octanol–water partition coefficient (Wildman–Crippen LogP) is 10.8. The van der Waals surface area contributed by atoms with Gasteiger partial charge in [-0.05, 0) is 0 Å². The van der Waals surface area contributed by atoms with Crippen LogP contribution in [-0.2, 0) is 7.87 Å². The number of rotatable bonds is 27. The van der Waals surface area contributed by atoms with Gasteiger partial charge in [0.15, 0.2) is 0 Å². The molecule has 0 amide bonds. The topological polar surface area (TPSA) is 26.3 Å². The average Bonchev–Trinajstić information content (AvgIpc) is 2.82. The zero-order valence-corrected chi connectivity index (χ0v) is 26.3. The maximum absolute atomic E-state index is 12.5. The molecule has 0 aliphatic heterocycles. The first-order valence-electron chi connectivity index (χ1n) is 15.3. The molecule has 0 spiro atoms. The summed E-state index contributed by atoms with van der Waals surface area (Å²) in [5.41, 5.74) is 0. The molecule has 0 aromatic carbocycles. The molecular formula is C30H62O2Sn. The molecule has 0 aliphatic carbocycles. The Morgan fingerprint density at radius 2 is 0.818 bits per heavy atom. The Kier molecular flexibility index (Phi) is 25.9. The summed E-state index contributed by atoms with van der Waals surface area (Å²) < 4.78 is 10.9. The molecule has 0 rings (SSSR count). The van der Waals surface area contributed by atoms with E-state index in [1.807, 2.05) is 0 Å². The van der Waals surface area contributed by atoms with Gasteiger partial charge in [-0.15, -0.1) is 0 Å². The Hall–Kier alpha value is 0.429. The number of ketones is 1. The zero-order chi connectivity index (χ0) is 24.5. The van der Waals surface area contributed by atoms with Gasteiger partial charge in [-0.25, -0.2) is 0 Å². The van der Waals surface area contributed by atoms with Crippen LogP contribution in [0.25, 0.3) is 0 Å². The molecule has 0 radical (unpaired) electrons. The minimum absolute atomic E-state index is 0.367. The van der Waals surface area contributed by atoms with Crippen molar-refractivity contribution >= 4 is 24.6 Å². The van der Waals surface area contributed by atoms with Gasteiger partial charge in [-0.3, -0.25) is 0 Å². The van der Waals surface area contributed by atoms with Gasteiger partial charge in [0.05, 0.1) is 0 Å². The van der Waals surface area contributed by atoms with Gasteiger partial charge < -0.3 is 0 Å². The van der Waals surface area contributed by atoms with Crippen LogP contribution in [0.5, 0.6) is 0 Å². The molecular weight excluding hydrogens is 511 g/mol. The van der Waals surface area contributed by atoms with Crippen LogP contribution in [0, 0.1) is 0 Å². The van der Waals surface area contributed by atoms with E-state index in [0.717, 1.165) is 19.3 Å². The van der Waals surface area contributed by atoms with Gasteiger partial charge in [0.25, 0.3) is 0 Å². The number of Topliss-reactive ketones (excluding diaryl/α,β-unsaturated/α-hetero) is 1. The molecule has 0 bridgehead atoms. The molecule has 0 saturated heterocycles. The Morgan fingerprint density at radius 3 is 1.18 bits per heavy atom. The van der Waals surface area contributed by atoms with Crippen LogP contribution in [0.1, 0.15) is 163 Å². The van der Waals surface area contributed by atoms with Crippen molar-refractivity contribution in [2.24, 2.45) is 0 Å². The summed E-state index contributed by atoms with van der Waals surface area (Å²) in [4.78, 5) is 12.5. The monoisotopic (exact) mass is 574 g/mol. The molecule has 0 N–H and O–H groups in total. The van der Waals surface area contributed by atoms with E-state index in [-0.39, 0.29) is 0 Å². The number of hydrogen-bond donors (Lipinski definition) is 0. The fourth-order valence-corrected chi connectivity index (χ4v) is 17.3. The molecule has 198 valence electrons. The Bertz CT molecular complexity index is 369. The molecule has 2 nitrogen and oxygen atoms in total. The Morgan fingerprint density at radius 1 is 0.485 bits per heavy atom. The number of hydrogen-bond acceptors (Lipinski definition) is 2. The van der Waals surface area contributed by atoms with Gasteiger partial charge >= 0.3 is 215 Å². The van der Waals surface area contributed by atoms with Crippen LogP contribution < -0.4 is 0 Å². The van der Waals surface area contributed by atoms with Gasteiger partial charge in [0.1, 0.15) is 0 Å². The van der Waals surface area contributed by atoms with Crippen molar-refractivity contribution in [2.45, 2.75) is 176 Å². The summed E-state index contributed by atoms with van der Waals surface area (Å²) in [7, 11) is 0. The third-order valence-corrected chi connectivity index (χ3v) is 20.3. The van der Waals surface area contributed by atoms with E-state index < -0.39 is 18.8 Å². The fraction of sp³-hybridized carbons (Fsp3) is 0.967. The molecule has 0 saturated carbocycles. The molecule has 0 aromatic heterocycles. The van der Waals surface area contributed by atoms with Crippen molar-refractivity contribution < 1.29 is 7.87 Å². The SMILES string of the molecule is CCCCCCC[CH2][Sn]([CH2]CCCCCCC)([CH2]CCCCCCC)[O]CC(=O)CCCC. The standard InChI is InChI=1S/3C8H17.C6H11O2.Sn/c3*1-3-5-7-8-6-4-2;1-2-3-4-6(8)5-7;/h3*1,3-8H2,2H3;2-5H2,1H3;/q;;;-1;+1. The first-order valence-corrected chi connectivity index (χ1v) is 22.5. The van der Waals surface area contributed by atoms with E-state index in [1.165, 1.54) is 129 Å². The third kappa shape index (κ3) is 21.4. The summed E-state index contributed by atoms with van der Waals surface area (Å²) in [6, 6.07) is 0. The molecule has 0 aliphatic rings. The van der Waals surface area contributed by atoms with E-state index >= 15 is 0 Å². The molecule has 0 heterocycles. The van der Waals surface area contributed by atoms with Crippen molar-refractivity contribution in [1.82, 2.24) is 0 Å². The van der Waals surface area contributed by atoms with E-state index in [4.69, 9.17) is 3.07 Å². The summed E-state index contributed by atoms with van der Waals surface area (Å²) in [6.45, 7) is 9.51. The normalized spacial score (nSPS) is 11.9. The number of carbonyl (C=O) groups is 1. The minimum atomic E-state index is -2.73. The summed E-state index contributed by atoms with van der Waals surface area (Å²) >= 11 is -2.73. The second kappa shape index (κ2) is 25.5. The molecule has 0 fully saturated rings. The summed E-state index contributed by atoms with van der Waals surface area (Å²) in [6.07, 6.45) is 27.5. The van der Waals surface area contributed by atoms with Gasteiger partial charge in [-0.1, -0.05) is 0 Å². The molecule has 0 unspecified atom stereocenters. The van der Waals surface area contributed by atoms with E-state index in [1.54, 1.807) is 0 Å². The first-order chi connectivity index (χ1) is 16.1. The fourth-order valence-electron chi connectivity index (χ4n) is 4.95. The second-order valence-corrected chi connectivity index (χ2v) is 22.5. The van der Waals surface area contributed by atoms with Crippen LogP contribution >= 0.6 is 0 Å². The second-order valence-electron chi connectivity index (χ2n) is 10.7. The van der Waals surface area contributed by atoms with Gasteiger partial charge in [-0.2, -0.15) is 0 Å². The zero-order valence-electron chi connectivity index (χ0n) is 23.5. The van der Waals surface area contributed by atoms with E-state index in [9.17, 15) is 4.79 Å². The van der Waals surface area contributed by atoms with Crippen LogP contribution in [0.15, 0.2) is 0 Å². The predicted molar refractivity (Wildman–Crippen MR) is 151 cm³/mol. The van der Waals surface area contributed by atoms with Crippen molar-refractivity contribution in [3.8, 4) is 0 Å². The van der Waals surface area contributed by atoms with Crippen molar-refractivity contribution in [3.63, 3.8) is 0 Å². The van der Waals surface area contributed by atoms with Gasteiger partial charge in [0, 0.05) is 0 Å². The Labute approximate surface area is 214 Å². The van der Waals surface area contributed by atoms with Crippen molar-refractivity contribution in [3.05, 3.63) is 0 Å². The van der Waals surface area contributed by atoms with Crippen LogP contribution in [0.4, 0.5) is 0 Å². The first kappa shape index (κ1) is 33.4.